The molecule has 0 spiro atoms. The zero-order valence-electron chi connectivity index (χ0n) is 92.0. The molecule has 0 aromatic heterocycles. The fourth-order valence-electron chi connectivity index (χ4n) is 8.92. The molecule has 0 bridgehead atoms. The van der Waals surface area contributed by atoms with Gasteiger partial charge in [0, 0.05) is 107 Å². The fraction of sp³-hybridized carbons (Fsp3) is 0.692. The molecule has 0 aromatic rings. The first-order chi connectivity index (χ1) is 67.0. The van der Waals surface area contributed by atoms with Crippen molar-refractivity contribution in [3.8, 4) is 0 Å². The summed E-state index contributed by atoms with van der Waals surface area (Å²) in [7, 11) is 3.75. The Morgan fingerprint density at radius 1 is 0.254 bits per heavy atom. The van der Waals surface area contributed by atoms with Crippen LogP contribution in [0.1, 0.15) is 266 Å². The van der Waals surface area contributed by atoms with Crippen molar-refractivity contribution >= 4 is 65.5 Å². The van der Waals surface area contributed by atoms with E-state index in [2.05, 4.69) is 130 Å². The summed E-state index contributed by atoms with van der Waals surface area (Å²) in [4.78, 5) is 121. The van der Waals surface area contributed by atoms with Crippen molar-refractivity contribution in [2.24, 2.45) is 5.73 Å². The number of carbonyl (C=O) groups is 11. The summed E-state index contributed by atoms with van der Waals surface area (Å²) in [5.74, 6) is -3.11. The molecule has 0 aliphatic carbocycles. The van der Waals surface area contributed by atoms with Gasteiger partial charge in [0.05, 0.1) is 92.5 Å². The van der Waals surface area contributed by atoms with E-state index in [4.69, 9.17) is 82.3 Å². The largest absolute Gasteiger partial charge is 0.462 e. The lowest BCUT2D eigenvalue weighted by molar-refractivity contribution is -0.153. The van der Waals surface area contributed by atoms with E-state index in [0.717, 1.165) is 168 Å². The van der Waals surface area contributed by atoms with Crippen molar-refractivity contribution in [3.63, 3.8) is 0 Å². The number of aliphatic hydroxyl groups is 2. The average Bonchev–Trinajstić information content (AvgIpc) is 0.882. The van der Waals surface area contributed by atoms with E-state index in [9.17, 15) is 52.7 Å². The van der Waals surface area contributed by atoms with E-state index in [0.29, 0.717) is 180 Å². The summed E-state index contributed by atoms with van der Waals surface area (Å²) in [5, 5.41) is 38.2. The number of hydrogen-bond acceptors (Lipinski definition) is 33. The van der Waals surface area contributed by atoms with Crippen molar-refractivity contribution < 1.29 is 129 Å². The topological polar surface area (TPSA) is 468 Å². The van der Waals surface area contributed by atoms with Crippen LogP contribution in [0.5, 0.6) is 0 Å². The first-order valence-corrected chi connectivity index (χ1v) is 49.6. The number of rotatable bonds is 75. The number of hydrogen-bond donors (Lipinski definition) is 10. The highest BCUT2D eigenvalue weighted by Crippen LogP contribution is 2.18. The van der Waals surface area contributed by atoms with Gasteiger partial charge in [0.25, 0.3) is 0 Å². The second-order valence-corrected chi connectivity index (χ2v) is 33.9. The number of aliphatic hydroxyl groups excluding tert-OH is 2. The van der Waals surface area contributed by atoms with Crippen molar-refractivity contribution in [2.75, 3.05) is 212 Å². The Morgan fingerprint density at radius 3 is 0.838 bits per heavy atom. The van der Waals surface area contributed by atoms with Crippen LogP contribution in [0.2, 0.25) is 0 Å². The van der Waals surface area contributed by atoms with Gasteiger partial charge in [-0.15, -0.1) is 0 Å². The van der Waals surface area contributed by atoms with Gasteiger partial charge >= 0.3 is 53.7 Å². The maximum Gasteiger partial charge on any atom is 0.333 e. The molecular formula is C107H198N8O27. The average molecular weight is 2030 g/mol. The number of esters is 9. The number of nitrogens with two attached hydrogens (primary N) is 1. The summed E-state index contributed by atoms with van der Waals surface area (Å²) in [6, 6.07) is 0. The molecule has 0 rings (SSSR count). The van der Waals surface area contributed by atoms with Gasteiger partial charge in [0.1, 0.15) is 31.0 Å². The van der Waals surface area contributed by atoms with Crippen molar-refractivity contribution in [3.05, 3.63) is 134 Å². The second-order valence-electron chi connectivity index (χ2n) is 33.9. The third-order valence-electron chi connectivity index (χ3n) is 17.2. The van der Waals surface area contributed by atoms with E-state index in [-0.39, 0.29) is 85.6 Å². The van der Waals surface area contributed by atoms with Gasteiger partial charge in [-0.3, -0.25) is 9.59 Å². The first-order valence-electron chi connectivity index (χ1n) is 49.6. The van der Waals surface area contributed by atoms with E-state index in [1.807, 2.05) is 48.7 Å². The smallest absolute Gasteiger partial charge is 0.333 e. The van der Waals surface area contributed by atoms with Gasteiger partial charge in [0.15, 0.2) is 0 Å². The standard InChI is InChI=1S/C15H25NO4.C13H26N2O.C13H25NO5.C10H19NO4.C10H19NO2.C10H18O2.2C9H17NO2.C9H16O3.C9H16O2/c1-12(2)14(17)19-10-7-5-6-8-16-9-11-20-15(18)13(3)4;1-4-5-9-14-10-7-6-8-11-15-13(16)12(2)3;1-12(2)13(15)19-11-10-18-9-8-17-7-6-16-5-4-14-3;1-9(2)10(12)15-8-7-14-6-5-13-4-3-11;1-8(2)9(12)13-10(3,4)6-7-11-5;1-6-7-10(4,5)12-9(11)8(2)3;1-8(2)9(12)10-6-4-3-5-7-11;1-4-10-6-5-7-12-9(11)8(2)3;1-8(2)9(11)12-7-5-3-4-6-10;1-4-5-6-7-11-9(10)8(2)3/h16H,1,3,5-11H2,2,4H3;14H,2,4-11H2,1,3H3,(H,15,16);14H,1,4-11H2,2-3H3;1,3-8,11H2,2H3;11H,1,6-7H2,2-5H3;2,6-7H2,1,3-5H3;11H,1,3-7H2,2H3,(H,10,12);10H,2,4-7H2,1,3H3;10H,1,3-7H2,2H3;2,4-7H2,1,3H3. The highest BCUT2D eigenvalue weighted by molar-refractivity contribution is 5.93. The summed E-state index contributed by atoms with van der Waals surface area (Å²) >= 11 is 0. The molecule has 0 aromatic carbocycles. The molecule has 0 fully saturated rings. The van der Waals surface area contributed by atoms with Crippen LogP contribution in [0.3, 0.4) is 0 Å². The molecule has 0 saturated heterocycles. The van der Waals surface area contributed by atoms with Crippen LogP contribution in [-0.4, -0.2) is 299 Å². The molecule has 828 valence electrons. The van der Waals surface area contributed by atoms with E-state index >= 15 is 0 Å². The minimum atomic E-state index is -0.418. The third-order valence-corrected chi connectivity index (χ3v) is 17.2. The Labute approximate surface area is 856 Å². The number of likely N-dealkylation sites (N-methyl/N-ethyl adjacent to an activating group) is 1. The molecule has 0 unspecified atom stereocenters. The minimum Gasteiger partial charge on any atom is -0.462 e. The molecule has 0 aliphatic rings. The summed E-state index contributed by atoms with van der Waals surface area (Å²) in [6.45, 7) is 90.0. The summed E-state index contributed by atoms with van der Waals surface area (Å²) in [5.41, 5.74) is 9.45. The quantitative estimate of drug-likeness (QED) is 0.0117. The number of amides is 2. The Kier molecular flexibility index (Phi) is 123. The number of nitrogens with one attached hydrogen (secondary N) is 7. The summed E-state index contributed by atoms with van der Waals surface area (Å²) < 4.78 is 70.6. The van der Waals surface area contributed by atoms with Gasteiger partial charge in [-0.1, -0.05) is 132 Å². The van der Waals surface area contributed by atoms with Crippen LogP contribution < -0.4 is 43.0 Å². The van der Waals surface area contributed by atoms with Crippen molar-refractivity contribution in [1.82, 2.24) is 37.2 Å². The predicted octanol–water partition coefficient (Wildman–Crippen LogP) is 14.4. The zero-order chi connectivity index (χ0) is 111. The molecule has 0 heterocycles. The highest BCUT2D eigenvalue weighted by Gasteiger charge is 2.23. The number of ether oxygens (including phenoxy) is 14. The monoisotopic (exact) mass is 2030 g/mol. The Balaban J connectivity index is -0.000000171. The van der Waals surface area contributed by atoms with Gasteiger partial charge in [0.2, 0.25) is 11.8 Å². The molecule has 0 radical (unpaired) electrons. The van der Waals surface area contributed by atoms with Gasteiger partial charge < -0.3 is 119 Å². The molecular weight excluding hydrogens is 1830 g/mol. The second kappa shape index (κ2) is 114. The van der Waals surface area contributed by atoms with Crippen LogP contribution in [0.15, 0.2) is 134 Å². The van der Waals surface area contributed by atoms with E-state index in [1.54, 1.807) is 76.2 Å². The third kappa shape index (κ3) is 133. The van der Waals surface area contributed by atoms with Crippen LogP contribution in [-0.2, 0) is 119 Å². The lowest BCUT2D eigenvalue weighted by Crippen LogP contribution is -2.31. The SMILES string of the molecule is C=C(C)C(=O)NCCCCCNCCCC.C=C(C)C(=O)NCCCCCO.C=C(C)C(=O)OC(C)(C)CCC.C=C(C)C(=O)OC(C)(C)CCNC.C=C(C)C(=O)OCCCCC.C=C(C)C(=O)OCCCCCNCCOC(=O)C(=C)C.C=C(C)C(=O)OCCCCCO.C=C(C)C(=O)OCCCNCC.C=C(C)C(=O)OCCOCCOCCN.C=C(C)C(=O)OCCOCCOCCOCCNC. The molecule has 35 heteroatoms. The zero-order valence-corrected chi connectivity index (χ0v) is 92.0. The van der Waals surface area contributed by atoms with Crippen molar-refractivity contribution in [2.45, 2.75) is 278 Å². The minimum absolute atomic E-state index is 0.0268. The molecule has 0 atom stereocenters. The van der Waals surface area contributed by atoms with Crippen molar-refractivity contribution in [1.29, 1.82) is 0 Å². The Hall–Kier alpha value is -9.21. The molecule has 0 saturated carbocycles. The van der Waals surface area contributed by atoms with Crippen LogP contribution >= 0.6 is 0 Å². The number of carbonyl (C=O) groups excluding carboxylic acids is 11. The van der Waals surface area contributed by atoms with Gasteiger partial charge in [-0.2, -0.15) is 0 Å². The lowest BCUT2D eigenvalue weighted by atomic mass is 10.0. The van der Waals surface area contributed by atoms with E-state index in [1.165, 1.54) is 19.3 Å². The summed E-state index contributed by atoms with van der Waals surface area (Å²) in [6.07, 6.45) is 20.6. The number of unbranched alkanes of at least 4 members (excludes halogenated alkanes) is 11. The predicted molar refractivity (Wildman–Crippen MR) is 569 cm³/mol. The molecule has 35 nitrogen and oxygen atoms in total. The fourth-order valence-corrected chi connectivity index (χ4v) is 8.92. The van der Waals surface area contributed by atoms with Crippen LogP contribution in [0.4, 0.5) is 0 Å². The Bertz CT molecular complexity index is 3280. The maximum absolute atomic E-state index is 11.2. The normalized spacial score (nSPS) is 10.1. The Morgan fingerprint density at radius 2 is 0.521 bits per heavy atom. The molecule has 2 amide bonds. The lowest BCUT2D eigenvalue weighted by Gasteiger charge is -2.24. The first kappa shape index (κ1) is 153. The van der Waals surface area contributed by atoms with E-state index < -0.39 is 17.5 Å². The van der Waals surface area contributed by atoms with Crippen LogP contribution in [0, 0.1) is 0 Å². The molecule has 142 heavy (non-hydrogen) atoms. The highest BCUT2D eigenvalue weighted by atomic mass is 16.6. The van der Waals surface area contributed by atoms with Gasteiger partial charge in [-0.25, -0.2) is 43.2 Å². The van der Waals surface area contributed by atoms with Gasteiger partial charge in [-0.05, 0) is 260 Å². The molecule has 11 N–H and O–H groups in total. The maximum atomic E-state index is 11.2. The molecule has 0 aliphatic heterocycles. The van der Waals surface area contributed by atoms with Crippen LogP contribution in [0.25, 0.3) is 0 Å².